The predicted octanol–water partition coefficient (Wildman–Crippen LogP) is 14.9. The van der Waals surface area contributed by atoms with Crippen molar-refractivity contribution in [1.82, 2.24) is 55.2 Å². The van der Waals surface area contributed by atoms with E-state index in [4.69, 9.17) is 9.72 Å². The number of pyridine rings is 6. The molecule has 115 heavy (non-hydrogen) atoms. The molecular formula is C87H93N17O9S2. The van der Waals surface area contributed by atoms with Crippen LogP contribution in [0.4, 0.5) is 39.2 Å². The van der Waals surface area contributed by atoms with Crippen LogP contribution in [0.3, 0.4) is 0 Å². The summed E-state index contributed by atoms with van der Waals surface area (Å²) in [7, 11) is 3.82. The zero-order chi connectivity index (χ0) is 82.6. The molecule has 12 aromatic rings. The van der Waals surface area contributed by atoms with E-state index >= 15 is 0 Å². The van der Waals surface area contributed by atoms with Gasteiger partial charge < -0.3 is 55.7 Å². The first kappa shape index (κ1) is 84.5. The number of ether oxygens (including phenoxy) is 1. The Kier molecular flexibility index (Phi) is 28.3. The Balaban J connectivity index is 0.000000163. The highest BCUT2D eigenvalue weighted by Crippen LogP contribution is 2.29. The summed E-state index contributed by atoms with van der Waals surface area (Å²) in [5.74, 6) is 0.715. The highest BCUT2D eigenvalue weighted by Gasteiger charge is 2.21. The number of carbonyl (C=O) groups excluding carboxylic acids is 4. The van der Waals surface area contributed by atoms with Gasteiger partial charge in [0.2, 0.25) is 0 Å². The van der Waals surface area contributed by atoms with Gasteiger partial charge in [-0.25, -0.2) is 34.7 Å². The lowest BCUT2D eigenvalue weighted by molar-refractivity contribution is 0.101. The van der Waals surface area contributed by atoms with Crippen molar-refractivity contribution in [3.8, 4) is 45.0 Å². The Bertz CT molecular complexity index is 5630. The van der Waals surface area contributed by atoms with Crippen molar-refractivity contribution in [3.63, 3.8) is 0 Å². The van der Waals surface area contributed by atoms with Crippen molar-refractivity contribution < 1.29 is 23.9 Å². The lowest BCUT2D eigenvalue weighted by Crippen LogP contribution is -2.43. The summed E-state index contributed by atoms with van der Waals surface area (Å²) in [4.78, 5) is 140. The molecule has 9 heterocycles. The smallest absolute Gasteiger partial charge is 0.412 e. The number of thioether (sulfide) groups is 2. The molecule has 1 fully saturated rings. The Morgan fingerprint density at radius 2 is 0.791 bits per heavy atom. The monoisotopic (exact) mass is 1580 g/mol. The number of aromatic nitrogens is 10. The van der Waals surface area contributed by atoms with Crippen LogP contribution in [0.15, 0.2) is 243 Å². The Labute approximate surface area is 674 Å². The molecule has 1 saturated heterocycles. The quantitative estimate of drug-likeness (QED) is 0.0302. The van der Waals surface area contributed by atoms with E-state index < -0.39 is 11.7 Å². The maximum Gasteiger partial charge on any atom is 0.412 e. The van der Waals surface area contributed by atoms with Crippen LogP contribution < -0.4 is 58.6 Å². The van der Waals surface area contributed by atoms with Gasteiger partial charge in [-0.15, -0.1) is 0 Å². The van der Waals surface area contributed by atoms with Crippen LogP contribution in [0.1, 0.15) is 116 Å². The number of amides is 4. The maximum atomic E-state index is 12.7. The third kappa shape index (κ3) is 23.8. The Morgan fingerprint density at radius 1 is 0.435 bits per heavy atom. The molecule has 26 nitrogen and oxygen atoms in total. The van der Waals surface area contributed by atoms with E-state index in [1.807, 2.05) is 135 Å². The summed E-state index contributed by atoms with van der Waals surface area (Å²) in [6.07, 6.45) is 12.7. The fourth-order valence-electron chi connectivity index (χ4n) is 11.4. The summed E-state index contributed by atoms with van der Waals surface area (Å²) in [5, 5.41) is 15.2. The minimum absolute atomic E-state index is 0.00668. The van der Waals surface area contributed by atoms with Gasteiger partial charge in [-0.2, -0.15) is 0 Å². The molecular weight excluding hydrogens is 1490 g/mol. The van der Waals surface area contributed by atoms with Crippen LogP contribution in [0, 0.1) is 0 Å². The number of hydrogen-bond acceptors (Lipinski definition) is 20. The van der Waals surface area contributed by atoms with Gasteiger partial charge in [0.05, 0.1) is 22.8 Å². The fraction of sp³-hybridized carbons (Fsp3) is 0.241. The molecule has 13 rings (SSSR count). The van der Waals surface area contributed by atoms with Gasteiger partial charge in [-0.1, -0.05) is 165 Å². The number of hydrogen-bond donors (Lipinski definition) is 9. The zero-order valence-electron chi connectivity index (χ0n) is 66.3. The first-order chi connectivity index (χ1) is 54.9. The molecule has 0 spiro atoms. The number of carbonyl (C=O) groups is 4. The maximum absolute atomic E-state index is 12.7. The molecule has 1 aliphatic rings. The highest BCUT2D eigenvalue weighted by molar-refractivity contribution is 7.98. The van der Waals surface area contributed by atoms with Gasteiger partial charge in [-0.3, -0.25) is 38.9 Å². The van der Waals surface area contributed by atoms with Gasteiger partial charge in [0.25, 0.3) is 40.0 Å². The van der Waals surface area contributed by atoms with E-state index in [1.165, 1.54) is 29.7 Å². The first-order valence-electron chi connectivity index (χ1n) is 36.9. The van der Waals surface area contributed by atoms with Crippen molar-refractivity contribution in [2.24, 2.45) is 0 Å². The van der Waals surface area contributed by atoms with Crippen LogP contribution >= 0.6 is 23.5 Å². The van der Waals surface area contributed by atoms with Crippen LogP contribution in [-0.4, -0.2) is 126 Å². The van der Waals surface area contributed by atoms with E-state index in [1.54, 1.807) is 104 Å². The van der Waals surface area contributed by atoms with Crippen LogP contribution in [0.25, 0.3) is 45.0 Å². The lowest BCUT2D eigenvalue weighted by atomic mass is 9.86. The van der Waals surface area contributed by atoms with Gasteiger partial charge in [-0.05, 0) is 148 Å². The van der Waals surface area contributed by atoms with E-state index in [-0.39, 0.29) is 80.0 Å². The SMILES string of the molecule is CC(C)(C)c1ccc(C(=O)Nc2cc(-c3cccc(N4CCNCC4)n3)c[nH]c2=O)cc1.CN(C)c1cccc(-c2c[nH]c(=O)c(NC(=O)c3ccc(C(C)(C)C)cc3)c2)n1.CSc1nccc(-c2c[nH]c(=O)c(NC(=O)OCc3ccccc3)c2)n1.CSc1nccc(-c2c[nH]c(=O)c(NC(=O)c3ccc(C(C)(C)C)cc3)c2)n1. The second kappa shape index (κ2) is 38.5. The standard InChI is InChI=1S/C25H29N5O2.C23H26N4O2.C21H22N4O2S.C18H16N4O3S/c1-25(2,3)19-9-7-17(8-10-19)23(31)29-21-15-18(16-27-24(21)32)20-5-4-6-22(28-20)30-13-11-26-12-14-30;1-23(2,3)17-11-9-15(10-12-17)21(28)26-19-13-16(14-24-22(19)29)18-7-6-8-20(25-18)27(4)5;1-21(2,3)15-7-5-13(6-8-15)18(26)24-17-11-14(12-23-19(17)27)16-9-10-22-20(25-16)28-4;1-26-17-19-8-7-14(21-17)13-9-15(16(23)20-10-13)22-18(24)25-11-12-5-3-2-4-6-12/h4-10,15-16,26H,11-14H2,1-3H3,(H,27,32)(H,29,31);6-14H,1-5H3,(H,24,29)(H,26,28);5-12H,1-4H3,(H,23,27)(H,24,26);2-10H,11H2,1H3,(H,20,23)(H,22,24). The number of piperazine rings is 1. The molecule has 28 heteroatoms. The summed E-state index contributed by atoms with van der Waals surface area (Å²) >= 11 is 2.85. The molecule has 0 aliphatic carbocycles. The van der Waals surface area contributed by atoms with Crippen molar-refractivity contribution in [2.45, 2.75) is 95.5 Å². The molecule has 0 saturated carbocycles. The normalized spacial score (nSPS) is 11.9. The van der Waals surface area contributed by atoms with Gasteiger partial charge in [0.1, 0.15) is 41.0 Å². The Morgan fingerprint density at radius 3 is 1.16 bits per heavy atom. The average molecular weight is 1580 g/mol. The van der Waals surface area contributed by atoms with E-state index in [2.05, 4.69) is 139 Å². The fourth-order valence-corrected chi connectivity index (χ4v) is 12.1. The minimum atomic E-state index is -0.705. The van der Waals surface area contributed by atoms with Crippen molar-refractivity contribution in [3.05, 3.63) is 293 Å². The minimum Gasteiger partial charge on any atom is -0.444 e. The number of aromatic amines is 4. The van der Waals surface area contributed by atoms with Gasteiger partial charge >= 0.3 is 6.09 Å². The molecule has 4 amide bonds. The van der Waals surface area contributed by atoms with Gasteiger partial charge in [0.15, 0.2) is 10.3 Å². The van der Waals surface area contributed by atoms with Crippen molar-refractivity contribution >= 4 is 81.7 Å². The highest BCUT2D eigenvalue weighted by atomic mass is 32.2. The molecule has 0 bridgehead atoms. The topological polar surface area (TPSA) is 353 Å². The number of rotatable bonds is 17. The molecule has 8 aromatic heterocycles. The first-order valence-corrected chi connectivity index (χ1v) is 39.3. The van der Waals surface area contributed by atoms with Crippen LogP contribution in [-0.2, 0) is 27.6 Å². The molecule has 592 valence electrons. The third-order valence-electron chi connectivity index (χ3n) is 18.0. The third-order valence-corrected chi connectivity index (χ3v) is 19.2. The summed E-state index contributed by atoms with van der Waals surface area (Å²) in [6, 6.07) is 53.0. The van der Waals surface area contributed by atoms with Crippen LogP contribution in [0.5, 0.6) is 0 Å². The zero-order valence-corrected chi connectivity index (χ0v) is 67.9. The largest absolute Gasteiger partial charge is 0.444 e. The van der Waals surface area contributed by atoms with E-state index in [9.17, 15) is 38.4 Å². The number of nitrogens with zero attached hydrogens (tertiary/aromatic N) is 8. The predicted molar refractivity (Wildman–Crippen MR) is 459 cm³/mol. The molecule has 0 radical (unpaired) electrons. The van der Waals surface area contributed by atoms with Gasteiger partial charge in [0, 0.05) is 116 Å². The van der Waals surface area contributed by atoms with Crippen molar-refractivity contribution in [2.75, 3.05) is 83.9 Å². The number of benzene rings is 4. The van der Waals surface area contributed by atoms with E-state index in [0.29, 0.717) is 60.8 Å². The van der Waals surface area contributed by atoms with E-state index in [0.717, 1.165) is 71.3 Å². The van der Waals surface area contributed by atoms with Crippen molar-refractivity contribution in [1.29, 1.82) is 0 Å². The van der Waals surface area contributed by atoms with Crippen LogP contribution in [0.2, 0.25) is 0 Å². The molecule has 0 unspecified atom stereocenters. The summed E-state index contributed by atoms with van der Waals surface area (Å²) < 4.78 is 5.14. The second-order valence-corrected chi connectivity index (χ2v) is 31.4. The average Bonchev–Trinajstić information content (AvgIpc) is 0.827. The summed E-state index contributed by atoms with van der Waals surface area (Å²) in [5.41, 5.74) is 10.5. The number of nitrogens with one attached hydrogen (secondary N) is 9. The molecule has 1 aliphatic heterocycles. The molecule has 9 N–H and O–H groups in total. The lowest BCUT2D eigenvalue weighted by Gasteiger charge is -2.28. The second-order valence-electron chi connectivity index (χ2n) is 29.8. The summed E-state index contributed by atoms with van der Waals surface area (Å²) in [6.45, 7) is 22.8. The Hall–Kier alpha value is -12.9. The number of H-pyrrole nitrogens is 4. The number of anilines is 6. The molecule has 0 atom stereocenters. The molecule has 4 aromatic carbocycles.